The summed E-state index contributed by atoms with van der Waals surface area (Å²) in [6, 6.07) is 7.24. The van der Waals surface area contributed by atoms with Gasteiger partial charge >= 0.3 is 5.97 Å². The van der Waals surface area contributed by atoms with E-state index in [2.05, 4.69) is 15.5 Å². The van der Waals surface area contributed by atoms with Crippen LogP contribution in [0.4, 0.5) is 0 Å². The molecule has 0 fully saturated rings. The van der Waals surface area contributed by atoms with Crippen LogP contribution in [0.15, 0.2) is 28.8 Å². The summed E-state index contributed by atoms with van der Waals surface area (Å²) in [5.41, 5.74) is 0.785. The number of rotatable bonds is 10. The van der Waals surface area contributed by atoms with Crippen molar-refractivity contribution >= 4 is 11.9 Å². The van der Waals surface area contributed by atoms with Gasteiger partial charge in [0.2, 0.25) is 17.6 Å². The summed E-state index contributed by atoms with van der Waals surface area (Å²) in [6.45, 7) is 4.02. The third-order valence-corrected chi connectivity index (χ3v) is 4.03. The molecule has 0 saturated heterocycles. The van der Waals surface area contributed by atoms with Gasteiger partial charge in [-0.05, 0) is 36.6 Å². The standard InChI is InChI=1S/C19H25N3O5/c1-12(2)10-14(19(24)25)11-20-16(23)8-9-17-21-18(22-27-17)13-4-6-15(26-3)7-5-13/h4-7,12,14H,8-11H2,1-3H3,(H,20,23)(H,24,25). The minimum Gasteiger partial charge on any atom is -0.497 e. The second-order valence-corrected chi connectivity index (χ2v) is 6.71. The molecule has 27 heavy (non-hydrogen) atoms. The van der Waals surface area contributed by atoms with E-state index in [0.717, 1.165) is 11.3 Å². The SMILES string of the molecule is COc1ccc(-c2noc(CCC(=O)NCC(CC(C)C)C(=O)O)n2)cc1. The van der Waals surface area contributed by atoms with Crippen LogP contribution < -0.4 is 10.1 Å². The number of nitrogens with one attached hydrogen (secondary N) is 1. The summed E-state index contributed by atoms with van der Waals surface area (Å²) < 4.78 is 10.3. The number of hydrogen-bond acceptors (Lipinski definition) is 6. The number of carboxylic acids is 1. The van der Waals surface area contributed by atoms with Crippen LogP contribution in [0.1, 0.15) is 32.6 Å². The zero-order valence-electron chi connectivity index (χ0n) is 15.8. The van der Waals surface area contributed by atoms with Gasteiger partial charge in [-0.15, -0.1) is 0 Å². The number of aliphatic carboxylic acids is 1. The van der Waals surface area contributed by atoms with Crippen molar-refractivity contribution in [2.45, 2.75) is 33.1 Å². The Hall–Kier alpha value is -2.90. The van der Waals surface area contributed by atoms with Gasteiger partial charge in [0.25, 0.3) is 0 Å². The number of methoxy groups -OCH3 is 1. The molecule has 2 aromatic rings. The summed E-state index contributed by atoms with van der Waals surface area (Å²) in [5, 5.41) is 15.8. The number of ether oxygens (including phenoxy) is 1. The summed E-state index contributed by atoms with van der Waals surface area (Å²) in [5.74, 6) is 0.0520. The summed E-state index contributed by atoms with van der Waals surface area (Å²) >= 11 is 0. The number of carbonyl (C=O) groups is 2. The van der Waals surface area contributed by atoms with Crippen molar-refractivity contribution in [3.05, 3.63) is 30.2 Å². The highest BCUT2D eigenvalue weighted by Gasteiger charge is 2.20. The van der Waals surface area contributed by atoms with Crippen LogP contribution >= 0.6 is 0 Å². The molecule has 146 valence electrons. The highest BCUT2D eigenvalue weighted by atomic mass is 16.5. The van der Waals surface area contributed by atoms with Crippen molar-refractivity contribution in [2.24, 2.45) is 11.8 Å². The third kappa shape index (κ3) is 6.40. The van der Waals surface area contributed by atoms with E-state index in [-0.39, 0.29) is 31.2 Å². The normalized spacial score (nSPS) is 12.0. The molecule has 1 atom stereocenters. The topological polar surface area (TPSA) is 115 Å². The highest BCUT2D eigenvalue weighted by Crippen LogP contribution is 2.20. The Balaban J connectivity index is 1.83. The highest BCUT2D eigenvalue weighted by molar-refractivity contribution is 5.77. The van der Waals surface area contributed by atoms with E-state index in [1.807, 2.05) is 26.0 Å². The van der Waals surface area contributed by atoms with Crippen LogP contribution in [-0.2, 0) is 16.0 Å². The third-order valence-electron chi connectivity index (χ3n) is 4.03. The lowest BCUT2D eigenvalue weighted by Gasteiger charge is -2.15. The predicted octanol–water partition coefficient (Wildman–Crippen LogP) is 2.54. The Kier molecular flexibility index (Phi) is 7.34. The number of benzene rings is 1. The van der Waals surface area contributed by atoms with E-state index in [0.29, 0.717) is 18.1 Å². The van der Waals surface area contributed by atoms with Gasteiger partial charge in [0.05, 0.1) is 13.0 Å². The van der Waals surface area contributed by atoms with Gasteiger partial charge in [-0.25, -0.2) is 0 Å². The van der Waals surface area contributed by atoms with Crippen molar-refractivity contribution in [1.29, 1.82) is 0 Å². The largest absolute Gasteiger partial charge is 0.497 e. The van der Waals surface area contributed by atoms with Crippen molar-refractivity contribution in [2.75, 3.05) is 13.7 Å². The molecule has 2 rings (SSSR count). The average molecular weight is 375 g/mol. The fourth-order valence-corrected chi connectivity index (χ4v) is 2.60. The Morgan fingerprint density at radius 3 is 2.56 bits per heavy atom. The number of hydrogen-bond donors (Lipinski definition) is 2. The molecule has 0 aliphatic rings. The molecule has 0 bridgehead atoms. The molecule has 0 aliphatic carbocycles. The van der Waals surface area contributed by atoms with Gasteiger partial charge in [0.15, 0.2) is 0 Å². The molecule has 1 unspecified atom stereocenters. The summed E-state index contributed by atoms with van der Waals surface area (Å²) in [7, 11) is 1.59. The fraction of sp³-hybridized carbons (Fsp3) is 0.474. The second-order valence-electron chi connectivity index (χ2n) is 6.71. The number of amides is 1. The second kappa shape index (κ2) is 9.70. The quantitative estimate of drug-likeness (QED) is 0.656. The molecule has 0 saturated carbocycles. The first-order chi connectivity index (χ1) is 12.9. The average Bonchev–Trinajstić information content (AvgIpc) is 3.12. The smallest absolute Gasteiger partial charge is 0.308 e. The molecule has 1 amide bonds. The summed E-state index contributed by atoms with van der Waals surface area (Å²) in [6.07, 6.45) is 0.958. The molecule has 2 N–H and O–H groups in total. The van der Waals surface area contributed by atoms with Gasteiger partial charge in [-0.2, -0.15) is 4.98 Å². The van der Waals surface area contributed by atoms with E-state index in [1.54, 1.807) is 19.2 Å². The molecular formula is C19H25N3O5. The van der Waals surface area contributed by atoms with E-state index >= 15 is 0 Å². The molecule has 8 nitrogen and oxygen atoms in total. The van der Waals surface area contributed by atoms with Crippen molar-refractivity contribution < 1.29 is 24.0 Å². The van der Waals surface area contributed by atoms with Crippen molar-refractivity contribution in [1.82, 2.24) is 15.5 Å². The minimum atomic E-state index is -0.898. The Labute approximate surface area is 157 Å². The van der Waals surface area contributed by atoms with Crippen LogP contribution in [0.5, 0.6) is 5.75 Å². The lowest BCUT2D eigenvalue weighted by molar-refractivity contribution is -0.142. The molecule has 0 aliphatic heterocycles. The molecule has 0 radical (unpaired) electrons. The van der Waals surface area contributed by atoms with E-state index in [1.165, 1.54) is 0 Å². The number of carboxylic acid groups (broad SMARTS) is 1. The number of carbonyl (C=O) groups excluding carboxylic acids is 1. The maximum Gasteiger partial charge on any atom is 0.308 e. The van der Waals surface area contributed by atoms with Gasteiger partial charge in [-0.1, -0.05) is 19.0 Å². The van der Waals surface area contributed by atoms with Crippen LogP contribution in [0, 0.1) is 11.8 Å². The predicted molar refractivity (Wildman–Crippen MR) is 98.2 cm³/mol. The lowest BCUT2D eigenvalue weighted by atomic mass is 9.97. The van der Waals surface area contributed by atoms with Gasteiger partial charge in [0, 0.05) is 24.9 Å². The van der Waals surface area contributed by atoms with Crippen LogP contribution in [0.25, 0.3) is 11.4 Å². The first-order valence-corrected chi connectivity index (χ1v) is 8.85. The van der Waals surface area contributed by atoms with Crippen LogP contribution in [-0.4, -0.2) is 40.8 Å². The maximum atomic E-state index is 12.0. The minimum absolute atomic E-state index is 0.118. The first-order valence-electron chi connectivity index (χ1n) is 8.85. The van der Waals surface area contributed by atoms with Crippen molar-refractivity contribution in [3.8, 4) is 17.1 Å². The first kappa shape index (κ1) is 20.4. The van der Waals surface area contributed by atoms with Gasteiger partial charge < -0.3 is 19.7 Å². The lowest BCUT2D eigenvalue weighted by Crippen LogP contribution is -2.33. The molecule has 0 spiro atoms. The monoisotopic (exact) mass is 375 g/mol. The Morgan fingerprint density at radius 1 is 1.26 bits per heavy atom. The molecular weight excluding hydrogens is 350 g/mol. The van der Waals surface area contributed by atoms with Gasteiger partial charge in [-0.3, -0.25) is 9.59 Å². The zero-order valence-corrected chi connectivity index (χ0v) is 15.8. The summed E-state index contributed by atoms with van der Waals surface area (Å²) in [4.78, 5) is 27.5. The number of aryl methyl sites for hydroxylation is 1. The van der Waals surface area contributed by atoms with Crippen LogP contribution in [0.3, 0.4) is 0 Å². The number of nitrogens with zero attached hydrogens (tertiary/aromatic N) is 2. The molecule has 8 heteroatoms. The van der Waals surface area contributed by atoms with E-state index in [4.69, 9.17) is 9.26 Å². The molecule has 1 aromatic heterocycles. The van der Waals surface area contributed by atoms with Gasteiger partial charge in [0.1, 0.15) is 5.75 Å². The van der Waals surface area contributed by atoms with E-state index in [9.17, 15) is 14.7 Å². The van der Waals surface area contributed by atoms with Crippen molar-refractivity contribution in [3.63, 3.8) is 0 Å². The van der Waals surface area contributed by atoms with Crippen LogP contribution in [0.2, 0.25) is 0 Å². The molecule has 1 heterocycles. The Bertz CT molecular complexity index is 755. The maximum absolute atomic E-state index is 12.0. The zero-order chi connectivity index (χ0) is 19.8. The number of aromatic nitrogens is 2. The Morgan fingerprint density at radius 2 is 1.96 bits per heavy atom. The molecule has 1 aromatic carbocycles. The van der Waals surface area contributed by atoms with E-state index < -0.39 is 11.9 Å². The fourth-order valence-electron chi connectivity index (χ4n) is 2.60.